The number of rotatable bonds is 5. The van der Waals surface area contributed by atoms with Crippen LogP contribution in [0, 0.1) is 6.92 Å². The molecule has 20 heavy (non-hydrogen) atoms. The summed E-state index contributed by atoms with van der Waals surface area (Å²) in [6, 6.07) is 6.30. The van der Waals surface area contributed by atoms with Crippen molar-refractivity contribution in [3.05, 3.63) is 29.6 Å². The Balaban J connectivity index is 1.69. The second-order valence-corrected chi connectivity index (χ2v) is 6.39. The highest BCUT2D eigenvalue weighted by molar-refractivity contribution is 8.00. The van der Waals surface area contributed by atoms with Crippen LogP contribution in [0.25, 0.3) is 0 Å². The summed E-state index contributed by atoms with van der Waals surface area (Å²) in [5.41, 5.74) is 1.19. The van der Waals surface area contributed by atoms with Crippen LogP contribution in [-0.2, 0) is 0 Å². The summed E-state index contributed by atoms with van der Waals surface area (Å²) in [4.78, 5) is 4.37. The number of hydrogen-bond acceptors (Lipinski definition) is 7. The molecule has 3 rings (SSSR count). The maximum Gasteiger partial charge on any atom is 0.231 e. The quantitative estimate of drug-likeness (QED) is 0.857. The minimum absolute atomic E-state index is 0.235. The van der Waals surface area contributed by atoms with Crippen LogP contribution in [0.4, 0.5) is 0 Å². The van der Waals surface area contributed by atoms with Crippen LogP contribution in [0.2, 0.25) is 0 Å². The molecule has 1 aliphatic rings. The summed E-state index contributed by atoms with van der Waals surface area (Å²) in [6.45, 7) is 2.22. The SMILES string of the molecule is CNC(CSc1nc(C)ns1)c1ccc2c(c1)OCO2. The Morgan fingerprint density at radius 2 is 2.25 bits per heavy atom. The molecule has 5 nitrogen and oxygen atoms in total. The summed E-state index contributed by atoms with van der Waals surface area (Å²) in [7, 11) is 1.96. The molecule has 0 aliphatic carbocycles. The molecule has 2 aromatic rings. The van der Waals surface area contributed by atoms with Gasteiger partial charge in [-0.1, -0.05) is 17.8 Å². The van der Waals surface area contributed by atoms with Crippen molar-refractivity contribution in [2.45, 2.75) is 17.3 Å². The average Bonchev–Trinajstić information content (AvgIpc) is 3.07. The van der Waals surface area contributed by atoms with Gasteiger partial charge in [0.2, 0.25) is 6.79 Å². The standard InChI is InChI=1S/C13H15N3O2S2/c1-8-15-13(20-16-8)19-6-10(14-2)9-3-4-11-12(5-9)18-7-17-11/h3-5,10,14H,6-7H2,1-2H3. The normalized spacial score (nSPS) is 14.5. The van der Waals surface area contributed by atoms with Crippen LogP contribution in [0.3, 0.4) is 0 Å². The van der Waals surface area contributed by atoms with Gasteiger partial charge in [-0.15, -0.1) is 0 Å². The van der Waals surface area contributed by atoms with E-state index in [4.69, 9.17) is 9.47 Å². The predicted molar refractivity (Wildman–Crippen MR) is 79.7 cm³/mol. The first-order chi connectivity index (χ1) is 9.76. The maximum atomic E-state index is 5.42. The molecule has 2 heterocycles. The van der Waals surface area contributed by atoms with E-state index in [0.717, 1.165) is 27.4 Å². The molecule has 1 unspecified atom stereocenters. The van der Waals surface area contributed by atoms with Crippen molar-refractivity contribution in [3.63, 3.8) is 0 Å². The lowest BCUT2D eigenvalue weighted by Crippen LogP contribution is -2.18. The largest absolute Gasteiger partial charge is 0.454 e. The van der Waals surface area contributed by atoms with E-state index in [2.05, 4.69) is 20.7 Å². The van der Waals surface area contributed by atoms with E-state index in [0.29, 0.717) is 6.79 Å². The minimum atomic E-state index is 0.235. The third-order valence-electron chi connectivity index (χ3n) is 3.03. The lowest BCUT2D eigenvalue weighted by Gasteiger charge is -2.15. The monoisotopic (exact) mass is 309 g/mol. The first-order valence-corrected chi connectivity index (χ1v) is 8.02. The molecule has 0 radical (unpaired) electrons. The highest BCUT2D eigenvalue weighted by atomic mass is 32.2. The van der Waals surface area contributed by atoms with Gasteiger partial charge in [0.1, 0.15) is 5.82 Å². The molecule has 1 atom stereocenters. The Hall–Kier alpha value is -1.31. The summed E-state index contributed by atoms with van der Waals surface area (Å²) in [6.07, 6.45) is 0. The smallest absolute Gasteiger partial charge is 0.231 e. The fourth-order valence-electron chi connectivity index (χ4n) is 1.97. The Morgan fingerprint density at radius 1 is 1.40 bits per heavy atom. The van der Waals surface area contributed by atoms with Crippen LogP contribution in [0.1, 0.15) is 17.4 Å². The summed E-state index contributed by atoms with van der Waals surface area (Å²) in [5, 5.41) is 3.33. The van der Waals surface area contributed by atoms with Gasteiger partial charge in [-0.25, -0.2) is 4.98 Å². The molecular formula is C13H15N3O2S2. The first-order valence-electron chi connectivity index (χ1n) is 6.26. The van der Waals surface area contributed by atoms with E-state index in [1.54, 1.807) is 11.8 Å². The van der Waals surface area contributed by atoms with E-state index in [1.165, 1.54) is 17.1 Å². The van der Waals surface area contributed by atoms with E-state index < -0.39 is 0 Å². The fourth-order valence-corrected chi connectivity index (χ4v) is 3.78. The van der Waals surface area contributed by atoms with Crippen LogP contribution >= 0.6 is 23.3 Å². The third kappa shape index (κ3) is 2.89. The molecule has 1 aromatic heterocycles. The lowest BCUT2D eigenvalue weighted by atomic mass is 10.1. The fraction of sp³-hybridized carbons (Fsp3) is 0.385. The lowest BCUT2D eigenvalue weighted by molar-refractivity contribution is 0.174. The number of nitrogens with zero attached hydrogens (tertiary/aromatic N) is 2. The van der Waals surface area contributed by atoms with Gasteiger partial charge in [0, 0.05) is 11.8 Å². The van der Waals surface area contributed by atoms with Gasteiger partial charge in [0.25, 0.3) is 0 Å². The van der Waals surface area contributed by atoms with Crippen molar-refractivity contribution >= 4 is 23.3 Å². The van der Waals surface area contributed by atoms with Gasteiger partial charge in [0.05, 0.1) is 0 Å². The van der Waals surface area contributed by atoms with E-state index in [-0.39, 0.29) is 6.04 Å². The van der Waals surface area contributed by atoms with Gasteiger partial charge in [-0.05, 0) is 43.2 Å². The zero-order chi connectivity index (χ0) is 13.9. The van der Waals surface area contributed by atoms with Crippen LogP contribution in [0.5, 0.6) is 11.5 Å². The maximum absolute atomic E-state index is 5.42. The van der Waals surface area contributed by atoms with Gasteiger partial charge in [-0.3, -0.25) is 0 Å². The minimum Gasteiger partial charge on any atom is -0.454 e. The van der Waals surface area contributed by atoms with Crippen LogP contribution in [0.15, 0.2) is 22.5 Å². The number of aryl methyl sites for hydroxylation is 1. The number of thioether (sulfide) groups is 1. The molecule has 1 N–H and O–H groups in total. The molecule has 0 amide bonds. The highest BCUT2D eigenvalue weighted by Crippen LogP contribution is 2.35. The number of benzene rings is 1. The Labute approximate surface area is 125 Å². The predicted octanol–water partition coefficient (Wildman–Crippen LogP) is 2.63. The van der Waals surface area contributed by atoms with Crippen molar-refractivity contribution in [2.24, 2.45) is 0 Å². The molecule has 0 saturated heterocycles. The second kappa shape index (κ2) is 5.99. The van der Waals surface area contributed by atoms with Crippen molar-refractivity contribution in [3.8, 4) is 11.5 Å². The van der Waals surface area contributed by atoms with Crippen LogP contribution < -0.4 is 14.8 Å². The van der Waals surface area contributed by atoms with Crippen molar-refractivity contribution < 1.29 is 9.47 Å². The third-order valence-corrected chi connectivity index (χ3v) is 5.05. The van der Waals surface area contributed by atoms with Gasteiger partial charge >= 0.3 is 0 Å². The number of nitrogens with one attached hydrogen (secondary N) is 1. The molecule has 106 valence electrons. The van der Waals surface area contributed by atoms with E-state index in [1.807, 2.05) is 26.1 Å². The molecule has 0 saturated carbocycles. The van der Waals surface area contributed by atoms with E-state index >= 15 is 0 Å². The summed E-state index contributed by atoms with van der Waals surface area (Å²) < 4.78 is 16.0. The van der Waals surface area contributed by atoms with Gasteiger partial charge < -0.3 is 14.8 Å². The number of aromatic nitrogens is 2. The molecule has 0 fully saturated rings. The average molecular weight is 309 g/mol. The van der Waals surface area contributed by atoms with Crippen molar-refractivity contribution in [1.29, 1.82) is 0 Å². The first kappa shape index (κ1) is 13.7. The molecule has 1 aromatic carbocycles. The van der Waals surface area contributed by atoms with Gasteiger partial charge in [-0.2, -0.15) is 4.37 Å². The number of fused-ring (bicyclic) bond motifs is 1. The molecule has 0 spiro atoms. The van der Waals surface area contributed by atoms with Crippen molar-refractivity contribution in [2.75, 3.05) is 19.6 Å². The van der Waals surface area contributed by atoms with Gasteiger partial charge in [0.15, 0.2) is 15.8 Å². The van der Waals surface area contributed by atoms with Crippen LogP contribution in [-0.4, -0.2) is 29.0 Å². The second-order valence-electron chi connectivity index (χ2n) is 4.37. The van der Waals surface area contributed by atoms with Crippen molar-refractivity contribution in [1.82, 2.24) is 14.7 Å². The summed E-state index contributed by atoms with van der Waals surface area (Å²) in [5.74, 6) is 3.36. The molecule has 7 heteroatoms. The molecule has 1 aliphatic heterocycles. The zero-order valence-electron chi connectivity index (χ0n) is 11.3. The molecule has 0 bridgehead atoms. The Kier molecular flexibility index (Phi) is 4.09. The highest BCUT2D eigenvalue weighted by Gasteiger charge is 2.17. The number of hydrogen-bond donors (Lipinski definition) is 1. The number of ether oxygens (including phenoxy) is 2. The topological polar surface area (TPSA) is 56.3 Å². The van der Waals surface area contributed by atoms with E-state index in [9.17, 15) is 0 Å². The Morgan fingerprint density at radius 3 is 3.00 bits per heavy atom. The Bertz CT molecular complexity index is 603. The molecular weight excluding hydrogens is 294 g/mol. The zero-order valence-corrected chi connectivity index (χ0v) is 12.9. The summed E-state index contributed by atoms with van der Waals surface area (Å²) >= 11 is 3.16.